The number of carboxylic acid groups (broad SMARTS) is 1. The van der Waals surface area contributed by atoms with Crippen molar-refractivity contribution in [1.82, 2.24) is 14.8 Å². The van der Waals surface area contributed by atoms with Crippen LogP contribution in [-0.2, 0) is 9.53 Å². The predicted molar refractivity (Wildman–Crippen MR) is 68.7 cm³/mol. The Morgan fingerprint density at radius 3 is 2.89 bits per heavy atom. The van der Waals surface area contributed by atoms with E-state index in [9.17, 15) is 4.79 Å². The number of thioether (sulfide) groups is 1. The zero-order valence-electron chi connectivity index (χ0n) is 10.9. The molecule has 6 nitrogen and oxygen atoms in total. The second kappa shape index (κ2) is 7.38. The highest BCUT2D eigenvalue weighted by Crippen LogP contribution is 2.24. The van der Waals surface area contributed by atoms with Crippen LogP contribution < -0.4 is 0 Å². The molecule has 1 atom stereocenters. The fraction of sp³-hybridized carbons (Fsp3) is 0.727. The number of ether oxygens (including phenoxy) is 1. The van der Waals surface area contributed by atoms with E-state index in [2.05, 4.69) is 24.0 Å². The van der Waals surface area contributed by atoms with Gasteiger partial charge in [-0.3, -0.25) is 4.79 Å². The van der Waals surface area contributed by atoms with Crippen LogP contribution in [0.15, 0.2) is 11.5 Å². The number of carbonyl (C=O) groups is 1. The van der Waals surface area contributed by atoms with Crippen LogP contribution in [0.5, 0.6) is 0 Å². The van der Waals surface area contributed by atoms with Gasteiger partial charge in [-0.2, -0.15) is 0 Å². The molecule has 18 heavy (non-hydrogen) atoms. The van der Waals surface area contributed by atoms with Crippen molar-refractivity contribution in [3.8, 4) is 0 Å². The van der Waals surface area contributed by atoms with Gasteiger partial charge in [0.05, 0.1) is 18.4 Å². The van der Waals surface area contributed by atoms with Crippen molar-refractivity contribution in [2.45, 2.75) is 32.0 Å². The molecule has 1 unspecified atom stereocenters. The maximum Gasteiger partial charge on any atom is 0.313 e. The molecule has 7 heteroatoms. The Labute approximate surface area is 111 Å². The normalized spacial score (nSPS) is 12.9. The quantitative estimate of drug-likeness (QED) is 0.726. The summed E-state index contributed by atoms with van der Waals surface area (Å²) in [7, 11) is 0. The smallest absolute Gasteiger partial charge is 0.313 e. The van der Waals surface area contributed by atoms with E-state index in [1.165, 1.54) is 11.8 Å². The Hall–Kier alpha value is -1.08. The van der Waals surface area contributed by atoms with Gasteiger partial charge in [0.25, 0.3) is 0 Å². The monoisotopic (exact) mass is 273 g/mol. The first kappa shape index (κ1) is 15.0. The van der Waals surface area contributed by atoms with E-state index in [1.54, 1.807) is 6.33 Å². The molecule has 0 fully saturated rings. The summed E-state index contributed by atoms with van der Waals surface area (Å²) in [6.45, 7) is 7.37. The number of hydrogen-bond acceptors (Lipinski definition) is 5. The summed E-state index contributed by atoms with van der Waals surface area (Å²) in [5, 5.41) is 17.1. The number of aromatic nitrogens is 3. The van der Waals surface area contributed by atoms with Crippen LogP contribution in [0.1, 0.15) is 26.8 Å². The molecule has 1 aromatic heterocycles. The Kier molecular flexibility index (Phi) is 6.14. The Morgan fingerprint density at radius 2 is 2.33 bits per heavy atom. The lowest BCUT2D eigenvalue weighted by molar-refractivity contribution is -0.133. The van der Waals surface area contributed by atoms with E-state index in [0.717, 1.165) is 0 Å². The van der Waals surface area contributed by atoms with E-state index in [1.807, 2.05) is 11.5 Å². The average Bonchev–Trinajstić information content (AvgIpc) is 2.75. The van der Waals surface area contributed by atoms with Gasteiger partial charge in [0.15, 0.2) is 5.16 Å². The molecule has 1 heterocycles. The highest BCUT2D eigenvalue weighted by Gasteiger charge is 2.20. The first-order chi connectivity index (χ1) is 8.56. The zero-order chi connectivity index (χ0) is 13.5. The van der Waals surface area contributed by atoms with Gasteiger partial charge >= 0.3 is 5.97 Å². The molecule has 0 aliphatic carbocycles. The van der Waals surface area contributed by atoms with Gasteiger partial charge in [-0.05, 0) is 12.8 Å². The summed E-state index contributed by atoms with van der Waals surface area (Å²) in [6.07, 6.45) is 1.63. The lowest BCUT2D eigenvalue weighted by atomic mass is 10.1. The van der Waals surface area contributed by atoms with Gasteiger partial charge in [0, 0.05) is 6.61 Å². The van der Waals surface area contributed by atoms with Gasteiger partial charge in [0.2, 0.25) is 0 Å². The van der Waals surface area contributed by atoms with Crippen molar-refractivity contribution in [2.24, 2.45) is 5.92 Å². The molecule has 0 saturated heterocycles. The molecular weight excluding hydrogens is 254 g/mol. The Balaban J connectivity index is 2.77. The minimum absolute atomic E-state index is 0.0157. The Morgan fingerprint density at radius 1 is 1.61 bits per heavy atom. The molecule has 0 aromatic carbocycles. The van der Waals surface area contributed by atoms with Crippen molar-refractivity contribution < 1.29 is 14.6 Å². The van der Waals surface area contributed by atoms with Crippen LogP contribution in [0, 0.1) is 5.92 Å². The van der Waals surface area contributed by atoms with Crippen LogP contribution in [0.2, 0.25) is 0 Å². The molecule has 102 valence electrons. The molecule has 0 radical (unpaired) electrons. The summed E-state index contributed by atoms with van der Waals surface area (Å²) in [4.78, 5) is 10.6. The highest BCUT2D eigenvalue weighted by atomic mass is 32.2. The van der Waals surface area contributed by atoms with Crippen molar-refractivity contribution >= 4 is 17.7 Å². The zero-order valence-corrected chi connectivity index (χ0v) is 11.7. The summed E-state index contributed by atoms with van der Waals surface area (Å²) in [5.41, 5.74) is 0. The number of carboxylic acids is 1. The van der Waals surface area contributed by atoms with Gasteiger partial charge in [-0.15, -0.1) is 10.2 Å². The number of aliphatic carboxylic acids is 1. The maximum absolute atomic E-state index is 10.6. The van der Waals surface area contributed by atoms with E-state index in [0.29, 0.717) is 24.3 Å². The highest BCUT2D eigenvalue weighted by molar-refractivity contribution is 7.99. The van der Waals surface area contributed by atoms with E-state index < -0.39 is 5.97 Å². The second-order valence-corrected chi connectivity index (χ2v) is 5.12. The summed E-state index contributed by atoms with van der Waals surface area (Å²) in [6, 6.07) is 0.122. The van der Waals surface area contributed by atoms with Crippen molar-refractivity contribution in [1.29, 1.82) is 0 Å². The van der Waals surface area contributed by atoms with Gasteiger partial charge in [0.1, 0.15) is 6.33 Å². The summed E-state index contributed by atoms with van der Waals surface area (Å²) in [5.74, 6) is -0.518. The molecule has 0 spiro atoms. The van der Waals surface area contributed by atoms with Gasteiger partial charge in [-0.1, -0.05) is 25.6 Å². The predicted octanol–water partition coefficient (Wildman–Crippen LogP) is 1.69. The second-order valence-electron chi connectivity index (χ2n) is 4.17. The summed E-state index contributed by atoms with van der Waals surface area (Å²) < 4.78 is 7.36. The fourth-order valence-electron chi connectivity index (χ4n) is 1.52. The number of rotatable bonds is 8. The van der Waals surface area contributed by atoms with E-state index in [-0.39, 0.29) is 11.8 Å². The van der Waals surface area contributed by atoms with Crippen LogP contribution in [0.4, 0.5) is 0 Å². The summed E-state index contributed by atoms with van der Waals surface area (Å²) >= 11 is 1.18. The molecule has 0 amide bonds. The lowest BCUT2D eigenvalue weighted by Crippen LogP contribution is -2.21. The first-order valence-corrected chi connectivity index (χ1v) is 6.86. The standard InChI is InChI=1S/C11H19N3O3S/c1-4-17-5-9(8(2)3)14-7-12-13-11(14)18-6-10(15)16/h7-9H,4-6H2,1-3H3,(H,15,16). The number of nitrogens with zero attached hydrogens (tertiary/aromatic N) is 3. The SMILES string of the molecule is CCOCC(C(C)C)n1cnnc1SCC(=O)O. The minimum Gasteiger partial charge on any atom is -0.481 e. The molecule has 0 aliphatic rings. The molecule has 1 N–H and O–H groups in total. The molecule has 1 rings (SSSR count). The molecular formula is C11H19N3O3S. The van der Waals surface area contributed by atoms with Crippen molar-refractivity contribution in [2.75, 3.05) is 19.0 Å². The molecule has 1 aromatic rings. The molecule has 0 aliphatic heterocycles. The number of hydrogen-bond donors (Lipinski definition) is 1. The first-order valence-electron chi connectivity index (χ1n) is 5.88. The third-order valence-electron chi connectivity index (χ3n) is 2.48. The van der Waals surface area contributed by atoms with E-state index >= 15 is 0 Å². The van der Waals surface area contributed by atoms with Gasteiger partial charge in [-0.25, -0.2) is 0 Å². The topological polar surface area (TPSA) is 77.2 Å². The minimum atomic E-state index is -0.861. The van der Waals surface area contributed by atoms with Gasteiger partial charge < -0.3 is 14.4 Å². The average molecular weight is 273 g/mol. The molecule has 0 bridgehead atoms. The Bertz CT molecular complexity index is 381. The largest absolute Gasteiger partial charge is 0.481 e. The molecule has 0 saturated carbocycles. The van der Waals surface area contributed by atoms with Crippen LogP contribution in [0.3, 0.4) is 0 Å². The third kappa shape index (κ3) is 4.30. The third-order valence-corrected chi connectivity index (χ3v) is 3.43. The van der Waals surface area contributed by atoms with Crippen LogP contribution in [-0.4, -0.2) is 44.8 Å². The van der Waals surface area contributed by atoms with Crippen LogP contribution in [0.25, 0.3) is 0 Å². The van der Waals surface area contributed by atoms with Crippen molar-refractivity contribution in [3.63, 3.8) is 0 Å². The maximum atomic E-state index is 10.6. The fourth-order valence-corrected chi connectivity index (χ4v) is 2.21. The van der Waals surface area contributed by atoms with Crippen molar-refractivity contribution in [3.05, 3.63) is 6.33 Å². The van der Waals surface area contributed by atoms with Crippen LogP contribution >= 0.6 is 11.8 Å². The van der Waals surface area contributed by atoms with E-state index in [4.69, 9.17) is 9.84 Å². The lowest BCUT2D eigenvalue weighted by Gasteiger charge is -2.22.